The van der Waals surface area contributed by atoms with Crippen LogP contribution in [0.3, 0.4) is 0 Å². The van der Waals surface area contributed by atoms with E-state index >= 15 is 0 Å². The third kappa shape index (κ3) is 1.87. The first-order chi connectivity index (χ1) is 8.63. The van der Waals surface area contributed by atoms with Crippen molar-refractivity contribution in [2.75, 3.05) is 0 Å². The van der Waals surface area contributed by atoms with E-state index in [1.807, 2.05) is 6.07 Å². The highest BCUT2D eigenvalue weighted by Crippen LogP contribution is 2.32. The van der Waals surface area contributed by atoms with E-state index in [1.165, 1.54) is 12.1 Å². The predicted molar refractivity (Wildman–Crippen MR) is 70.0 cm³/mol. The number of halogens is 2. The van der Waals surface area contributed by atoms with Crippen molar-refractivity contribution in [3.63, 3.8) is 0 Å². The van der Waals surface area contributed by atoms with E-state index in [-0.39, 0.29) is 11.4 Å². The minimum atomic E-state index is -0.255. The summed E-state index contributed by atoms with van der Waals surface area (Å²) in [6.45, 7) is 0. The lowest BCUT2D eigenvalue weighted by Gasteiger charge is -2.02. The van der Waals surface area contributed by atoms with Crippen LogP contribution in [0.1, 0.15) is 16.8 Å². The molecule has 1 heterocycles. The maximum absolute atomic E-state index is 13.6. The Balaban J connectivity index is 2.09. The summed E-state index contributed by atoms with van der Waals surface area (Å²) in [5.41, 5.74) is 2.77. The van der Waals surface area contributed by atoms with E-state index < -0.39 is 0 Å². The van der Waals surface area contributed by atoms with Crippen molar-refractivity contribution in [1.82, 2.24) is 4.98 Å². The van der Waals surface area contributed by atoms with Crippen molar-refractivity contribution < 1.29 is 4.39 Å². The minimum Gasteiger partial charge on any atom is -0.322 e. The zero-order valence-corrected chi connectivity index (χ0v) is 10.1. The van der Waals surface area contributed by atoms with Crippen molar-refractivity contribution in [3.8, 4) is 0 Å². The summed E-state index contributed by atoms with van der Waals surface area (Å²) < 4.78 is 13.6. The fourth-order valence-corrected chi connectivity index (χ4v) is 2.39. The number of aromatic amines is 1. The molecule has 0 radical (unpaired) electrons. The molecule has 0 bridgehead atoms. The molecule has 0 fully saturated rings. The van der Waals surface area contributed by atoms with Gasteiger partial charge in [0.1, 0.15) is 5.82 Å². The van der Waals surface area contributed by atoms with E-state index in [9.17, 15) is 9.18 Å². The molecule has 0 saturated carbocycles. The number of allylic oxidation sites excluding steroid dienone is 1. The molecule has 90 valence electrons. The zero-order valence-electron chi connectivity index (χ0n) is 9.34. The molecule has 2 nitrogen and oxygen atoms in total. The summed E-state index contributed by atoms with van der Waals surface area (Å²) in [5.74, 6) is -0.244. The van der Waals surface area contributed by atoms with Gasteiger partial charge in [0.05, 0.1) is 0 Å². The number of hydrogen-bond acceptors (Lipinski definition) is 1. The van der Waals surface area contributed by atoms with E-state index in [0.29, 0.717) is 22.7 Å². The summed E-state index contributed by atoms with van der Waals surface area (Å²) in [7, 11) is 0. The average molecular weight is 262 g/mol. The summed E-state index contributed by atoms with van der Waals surface area (Å²) in [6.07, 6.45) is 2.36. The van der Waals surface area contributed by atoms with Crippen molar-refractivity contribution in [3.05, 3.63) is 68.3 Å². The van der Waals surface area contributed by atoms with Crippen LogP contribution in [0.2, 0.25) is 5.02 Å². The van der Waals surface area contributed by atoms with Gasteiger partial charge in [-0.1, -0.05) is 23.7 Å². The highest BCUT2D eigenvalue weighted by molar-refractivity contribution is 6.30. The Morgan fingerprint density at radius 2 is 2.11 bits per heavy atom. The van der Waals surface area contributed by atoms with Crippen molar-refractivity contribution >= 4 is 23.3 Å². The van der Waals surface area contributed by atoms with Crippen LogP contribution in [0, 0.1) is 5.82 Å². The second kappa shape index (κ2) is 4.10. The van der Waals surface area contributed by atoms with E-state index in [1.54, 1.807) is 18.2 Å². The molecule has 0 aliphatic heterocycles. The lowest BCUT2D eigenvalue weighted by atomic mass is 10.1. The van der Waals surface area contributed by atoms with Gasteiger partial charge in [-0.15, -0.1) is 0 Å². The van der Waals surface area contributed by atoms with E-state index in [2.05, 4.69) is 4.98 Å². The number of benzene rings is 1. The van der Waals surface area contributed by atoms with Crippen LogP contribution in [0.5, 0.6) is 0 Å². The second-order valence-electron chi connectivity index (χ2n) is 4.24. The Hall–Kier alpha value is -1.87. The standard InChI is InChI=1S/C14H9ClFNO/c15-10-6-13(17-14(18)7-10)9-4-8-2-1-3-12(16)11(8)5-9/h1-3,5-7H,4H2,(H,17,18). The first-order valence-electron chi connectivity index (χ1n) is 5.52. The first-order valence-corrected chi connectivity index (χ1v) is 5.89. The zero-order chi connectivity index (χ0) is 12.7. The molecule has 0 unspecified atom stereocenters. The molecular weight excluding hydrogens is 253 g/mol. The smallest absolute Gasteiger partial charge is 0.249 e. The third-order valence-electron chi connectivity index (χ3n) is 3.00. The number of aromatic nitrogens is 1. The highest BCUT2D eigenvalue weighted by atomic mass is 35.5. The number of fused-ring (bicyclic) bond motifs is 1. The minimum absolute atomic E-state index is 0.244. The Kier molecular flexibility index (Phi) is 2.56. The highest BCUT2D eigenvalue weighted by Gasteiger charge is 2.17. The van der Waals surface area contributed by atoms with Gasteiger partial charge in [-0.25, -0.2) is 4.39 Å². The van der Waals surface area contributed by atoms with Crippen molar-refractivity contribution in [1.29, 1.82) is 0 Å². The quantitative estimate of drug-likeness (QED) is 0.840. The van der Waals surface area contributed by atoms with Gasteiger partial charge in [0, 0.05) is 28.8 Å². The molecule has 1 aromatic heterocycles. The molecule has 18 heavy (non-hydrogen) atoms. The number of hydrogen-bond donors (Lipinski definition) is 1. The summed E-state index contributed by atoms with van der Waals surface area (Å²) in [6, 6.07) is 7.99. The monoisotopic (exact) mass is 261 g/mol. The van der Waals surface area contributed by atoms with Crippen LogP contribution in [-0.2, 0) is 6.42 Å². The van der Waals surface area contributed by atoms with Crippen LogP contribution in [0.25, 0.3) is 11.6 Å². The Morgan fingerprint density at radius 3 is 2.83 bits per heavy atom. The normalized spacial score (nSPS) is 13.3. The van der Waals surface area contributed by atoms with Gasteiger partial charge in [0.15, 0.2) is 0 Å². The maximum Gasteiger partial charge on any atom is 0.249 e. The van der Waals surface area contributed by atoms with Crippen LogP contribution >= 0.6 is 11.6 Å². The molecule has 1 N–H and O–H groups in total. The van der Waals surface area contributed by atoms with Crippen LogP contribution in [0.4, 0.5) is 4.39 Å². The Labute approximate surface area is 108 Å². The predicted octanol–water partition coefficient (Wildman–Crippen LogP) is 3.26. The third-order valence-corrected chi connectivity index (χ3v) is 3.22. The molecule has 2 aromatic rings. The van der Waals surface area contributed by atoms with Gasteiger partial charge in [-0.2, -0.15) is 0 Å². The molecule has 1 aliphatic rings. The van der Waals surface area contributed by atoms with Gasteiger partial charge in [-0.3, -0.25) is 4.79 Å². The van der Waals surface area contributed by atoms with E-state index in [4.69, 9.17) is 11.6 Å². The Morgan fingerprint density at radius 1 is 1.28 bits per heavy atom. The average Bonchev–Trinajstić information content (AvgIpc) is 2.73. The van der Waals surface area contributed by atoms with Gasteiger partial charge < -0.3 is 4.98 Å². The summed E-state index contributed by atoms with van der Waals surface area (Å²) >= 11 is 5.85. The first kappa shape index (κ1) is 11.2. The van der Waals surface area contributed by atoms with Gasteiger partial charge in [-0.05, 0) is 29.3 Å². The maximum atomic E-state index is 13.6. The van der Waals surface area contributed by atoms with E-state index in [0.717, 1.165) is 11.1 Å². The molecular formula is C14H9ClFNO. The largest absolute Gasteiger partial charge is 0.322 e. The SMILES string of the molecule is O=c1cc(Cl)cc(C2=Cc3c(F)cccc3C2)[nH]1. The molecule has 0 saturated heterocycles. The topological polar surface area (TPSA) is 32.9 Å². The fourth-order valence-electron chi connectivity index (χ4n) is 2.18. The fraction of sp³-hybridized carbons (Fsp3) is 0.0714. The van der Waals surface area contributed by atoms with Crippen LogP contribution < -0.4 is 5.56 Å². The molecule has 4 heteroatoms. The lowest BCUT2D eigenvalue weighted by molar-refractivity contribution is 0.624. The number of H-pyrrole nitrogens is 1. The number of pyridine rings is 1. The van der Waals surface area contributed by atoms with Crippen LogP contribution in [-0.4, -0.2) is 4.98 Å². The Bertz CT molecular complexity index is 718. The summed E-state index contributed by atoms with van der Waals surface area (Å²) in [4.78, 5) is 14.1. The molecule has 0 atom stereocenters. The molecule has 1 aliphatic carbocycles. The molecule has 1 aromatic carbocycles. The number of nitrogens with one attached hydrogen (secondary N) is 1. The molecule has 3 rings (SSSR count). The second-order valence-corrected chi connectivity index (χ2v) is 4.67. The van der Waals surface area contributed by atoms with Gasteiger partial charge >= 0.3 is 0 Å². The van der Waals surface area contributed by atoms with Crippen molar-refractivity contribution in [2.45, 2.75) is 6.42 Å². The van der Waals surface area contributed by atoms with Gasteiger partial charge in [0.2, 0.25) is 5.56 Å². The van der Waals surface area contributed by atoms with Crippen LogP contribution in [0.15, 0.2) is 35.1 Å². The van der Waals surface area contributed by atoms with Gasteiger partial charge in [0.25, 0.3) is 0 Å². The summed E-state index contributed by atoms with van der Waals surface area (Å²) in [5, 5.41) is 0.381. The molecule has 0 spiro atoms. The lowest BCUT2D eigenvalue weighted by Crippen LogP contribution is -2.06. The molecule has 0 amide bonds. The number of rotatable bonds is 1. The van der Waals surface area contributed by atoms with Crippen molar-refractivity contribution in [2.24, 2.45) is 0 Å².